The van der Waals surface area contributed by atoms with Crippen LogP contribution >= 0.6 is 32.9 Å². The molecule has 0 atom stereocenters. The van der Waals surface area contributed by atoms with Crippen LogP contribution in [0.4, 0.5) is 0 Å². The highest BCUT2D eigenvalue weighted by Crippen LogP contribution is 2.19. The highest BCUT2D eigenvalue weighted by Gasteiger charge is 1.90. The zero-order chi connectivity index (χ0) is 9.10. The second kappa shape index (κ2) is 4.00. The first kappa shape index (κ1) is 8.87. The minimum Gasteiger partial charge on any atom is -0.362 e. The third-order valence-electron chi connectivity index (χ3n) is 1.53. The zero-order valence-corrected chi connectivity index (χ0v) is 9.14. The van der Waals surface area contributed by atoms with E-state index in [-0.39, 0.29) is 0 Å². The molecular weight excluding hydrogens is 218 g/mol. The molecule has 2 heterocycles. The van der Waals surface area contributed by atoms with Crippen molar-refractivity contribution >= 4 is 45.1 Å². The molecule has 0 fully saturated rings. The van der Waals surface area contributed by atoms with Crippen LogP contribution in [0.15, 0.2) is 24.4 Å². The number of hydrogen-bond acceptors (Lipinski definition) is 3. The maximum absolute atomic E-state index is 5.03. The Morgan fingerprint density at radius 1 is 1.31 bits per heavy atom. The van der Waals surface area contributed by atoms with Gasteiger partial charge in [0.2, 0.25) is 0 Å². The van der Waals surface area contributed by atoms with Crippen LogP contribution < -0.4 is 0 Å². The summed E-state index contributed by atoms with van der Waals surface area (Å²) in [6.45, 7) is 0. The van der Waals surface area contributed by atoms with E-state index in [1.807, 2.05) is 30.5 Å². The van der Waals surface area contributed by atoms with Gasteiger partial charge in [0.25, 0.3) is 0 Å². The van der Waals surface area contributed by atoms with Crippen LogP contribution in [0, 0.1) is 3.82 Å². The minimum absolute atomic E-state index is 0.955. The van der Waals surface area contributed by atoms with Crippen LogP contribution in [0.1, 0.15) is 10.6 Å². The van der Waals surface area contributed by atoms with Crippen molar-refractivity contribution in [2.45, 2.75) is 0 Å². The monoisotopic (exact) mass is 225 g/mol. The Balaban J connectivity index is 2.19. The first-order valence-corrected chi connectivity index (χ1v) is 6.32. The summed E-state index contributed by atoms with van der Waals surface area (Å²) >= 11 is 5.03. The van der Waals surface area contributed by atoms with E-state index >= 15 is 0 Å². The number of aromatic amines is 1. The van der Waals surface area contributed by atoms with Gasteiger partial charge in [-0.2, -0.15) is 0 Å². The van der Waals surface area contributed by atoms with Crippen LogP contribution in [-0.4, -0.2) is 4.98 Å². The van der Waals surface area contributed by atoms with Gasteiger partial charge in [0.1, 0.15) is 3.82 Å². The molecule has 4 heteroatoms. The fraction of sp³-hybridized carbons (Fsp3) is 0. The molecule has 0 saturated heterocycles. The Kier molecular flexibility index (Phi) is 2.73. The summed E-state index contributed by atoms with van der Waals surface area (Å²) in [7, 11) is 3.34. The molecule has 0 aromatic carbocycles. The normalized spacial score (nSPS) is 11.1. The summed E-state index contributed by atoms with van der Waals surface area (Å²) in [5, 5.41) is 0. The van der Waals surface area contributed by atoms with Crippen molar-refractivity contribution in [3.63, 3.8) is 0 Å². The van der Waals surface area contributed by atoms with Gasteiger partial charge < -0.3 is 4.98 Å². The second-order valence-corrected chi connectivity index (χ2v) is 5.43. The molecule has 0 spiro atoms. The molecule has 0 aliphatic rings. The maximum atomic E-state index is 5.03. The summed E-state index contributed by atoms with van der Waals surface area (Å²) < 4.78 is 0.955. The molecule has 1 nitrogen and oxygen atoms in total. The van der Waals surface area contributed by atoms with Crippen molar-refractivity contribution in [1.82, 2.24) is 4.98 Å². The van der Waals surface area contributed by atoms with Crippen molar-refractivity contribution < 1.29 is 0 Å². The van der Waals surface area contributed by atoms with Crippen molar-refractivity contribution in [1.29, 1.82) is 0 Å². The smallest absolute Gasteiger partial charge is 0.102 e. The van der Waals surface area contributed by atoms with Crippen LogP contribution in [0.25, 0.3) is 12.2 Å². The van der Waals surface area contributed by atoms with Gasteiger partial charge in [-0.3, -0.25) is 0 Å². The van der Waals surface area contributed by atoms with Crippen LogP contribution in [-0.2, 0) is 0 Å². The SMILES string of the molecule is S=c1cc(/C=C/c2ccc[nH]2)ss1. The summed E-state index contributed by atoms with van der Waals surface area (Å²) in [6, 6.07) is 6.03. The molecule has 0 bridgehead atoms. The number of hydrogen-bond donors (Lipinski definition) is 1. The van der Waals surface area contributed by atoms with E-state index in [4.69, 9.17) is 12.2 Å². The number of rotatable bonds is 2. The summed E-state index contributed by atoms with van der Waals surface area (Å²) in [6.07, 6.45) is 6.03. The Labute approximate surface area is 88.8 Å². The molecule has 2 rings (SSSR count). The standard InChI is InChI=1S/C9H7NS3/c11-9-6-8(12-13-9)4-3-7-2-1-5-10-7/h1-6,10H/b4-3+. The lowest BCUT2D eigenvalue weighted by molar-refractivity contribution is 1.38. The average molecular weight is 225 g/mol. The van der Waals surface area contributed by atoms with Crippen LogP contribution in [0.5, 0.6) is 0 Å². The first-order valence-electron chi connectivity index (χ1n) is 3.76. The Morgan fingerprint density at radius 3 is 2.85 bits per heavy atom. The minimum atomic E-state index is 0.955. The molecule has 1 N–H and O–H groups in total. The molecule has 0 aliphatic carbocycles. The maximum Gasteiger partial charge on any atom is 0.102 e. The average Bonchev–Trinajstić information content (AvgIpc) is 2.71. The predicted molar refractivity (Wildman–Crippen MR) is 62.8 cm³/mol. The van der Waals surface area contributed by atoms with Gasteiger partial charge in [-0.05, 0) is 30.4 Å². The van der Waals surface area contributed by atoms with Crippen LogP contribution in [0.3, 0.4) is 0 Å². The van der Waals surface area contributed by atoms with Crippen molar-refractivity contribution in [2.24, 2.45) is 0 Å². The van der Waals surface area contributed by atoms with Gasteiger partial charge in [0.15, 0.2) is 0 Å². The third kappa shape index (κ3) is 2.37. The van der Waals surface area contributed by atoms with E-state index in [1.54, 1.807) is 20.7 Å². The molecule has 66 valence electrons. The first-order chi connectivity index (χ1) is 6.34. The Hall–Kier alpha value is -0.710. The summed E-state index contributed by atoms with van der Waals surface area (Å²) in [5.41, 5.74) is 1.12. The highest BCUT2D eigenvalue weighted by molar-refractivity contribution is 7.79. The Bertz CT molecular complexity index is 447. The van der Waals surface area contributed by atoms with E-state index in [0.717, 1.165) is 9.52 Å². The van der Waals surface area contributed by atoms with Gasteiger partial charge >= 0.3 is 0 Å². The summed E-state index contributed by atoms with van der Waals surface area (Å²) in [5.74, 6) is 0. The van der Waals surface area contributed by atoms with E-state index in [9.17, 15) is 0 Å². The largest absolute Gasteiger partial charge is 0.362 e. The fourth-order valence-corrected chi connectivity index (χ4v) is 3.16. The van der Waals surface area contributed by atoms with E-state index in [1.165, 1.54) is 4.88 Å². The molecule has 0 aliphatic heterocycles. The molecular formula is C9H7NS3. The molecule has 13 heavy (non-hydrogen) atoms. The molecule has 0 saturated carbocycles. The summed E-state index contributed by atoms with van der Waals surface area (Å²) in [4.78, 5) is 4.32. The second-order valence-electron chi connectivity index (χ2n) is 2.49. The zero-order valence-electron chi connectivity index (χ0n) is 6.69. The highest BCUT2D eigenvalue weighted by atomic mass is 32.9. The van der Waals surface area contributed by atoms with Crippen molar-refractivity contribution in [3.8, 4) is 0 Å². The van der Waals surface area contributed by atoms with E-state index in [0.29, 0.717) is 0 Å². The molecule has 0 unspecified atom stereocenters. The van der Waals surface area contributed by atoms with E-state index in [2.05, 4.69) is 11.1 Å². The van der Waals surface area contributed by atoms with Crippen molar-refractivity contribution in [2.75, 3.05) is 0 Å². The quantitative estimate of drug-likeness (QED) is 0.602. The van der Waals surface area contributed by atoms with Gasteiger partial charge in [-0.25, -0.2) is 0 Å². The van der Waals surface area contributed by atoms with Gasteiger partial charge in [-0.15, -0.1) is 0 Å². The third-order valence-corrected chi connectivity index (χ3v) is 4.39. The van der Waals surface area contributed by atoms with Gasteiger partial charge in [0, 0.05) is 16.8 Å². The topological polar surface area (TPSA) is 15.8 Å². The lowest BCUT2D eigenvalue weighted by Gasteiger charge is -1.83. The molecule has 2 aromatic rings. The van der Waals surface area contributed by atoms with Crippen molar-refractivity contribution in [3.05, 3.63) is 38.8 Å². The number of nitrogens with one attached hydrogen (secondary N) is 1. The lowest BCUT2D eigenvalue weighted by Crippen LogP contribution is -1.65. The fourth-order valence-electron chi connectivity index (χ4n) is 0.949. The predicted octanol–water partition coefficient (Wildman–Crippen LogP) is 4.04. The van der Waals surface area contributed by atoms with Crippen LogP contribution in [0.2, 0.25) is 0 Å². The Morgan fingerprint density at radius 2 is 2.23 bits per heavy atom. The van der Waals surface area contributed by atoms with Gasteiger partial charge in [-0.1, -0.05) is 32.9 Å². The molecule has 2 aromatic heterocycles. The number of aromatic nitrogens is 1. The van der Waals surface area contributed by atoms with E-state index < -0.39 is 0 Å². The van der Waals surface area contributed by atoms with Gasteiger partial charge in [0.05, 0.1) is 0 Å². The number of H-pyrrole nitrogens is 1. The molecule has 0 radical (unpaired) electrons. The molecule has 0 amide bonds. The lowest BCUT2D eigenvalue weighted by atomic mass is 10.3.